The molecule has 0 spiro atoms. The van der Waals surface area contributed by atoms with Gasteiger partial charge >= 0.3 is 13.6 Å². The quantitative estimate of drug-likeness (QED) is 0.434. The summed E-state index contributed by atoms with van der Waals surface area (Å²) in [5.74, 6) is -0.137. The van der Waals surface area contributed by atoms with Crippen molar-refractivity contribution < 1.29 is 23.1 Å². The molecule has 0 aliphatic carbocycles. The van der Waals surface area contributed by atoms with Crippen LogP contribution in [0.1, 0.15) is 27.7 Å². The van der Waals surface area contributed by atoms with Gasteiger partial charge in [0.25, 0.3) is 0 Å². The SMILES string of the molecule is COC(=O)C(C)(C)C(O[P@@](C)(=O)OC)=C(C)C. The van der Waals surface area contributed by atoms with E-state index >= 15 is 0 Å². The van der Waals surface area contributed by atoms with Crippen molar-refractivity contribution in [1.29, 1.82) is 0 Å². The van der Waals surface area contributed by atoms with Crippen molar-refractivity contribution >= 4 is 13.6 Å². The van der Waals surface area contributed by atoms with Crippen LogP contribution in [0.5, 0.6) is 0 Å². The molecule has 0 aromatic carbocycles. The number of carbonyl (C=O) groups excluding carboxylic acids is 1. The lowest BCUT2D eigenvalue weighted by Gasteiger charge is -2.28. The highest BCUT2D eigenvalue weighted by atomic mass is 31.2. The molecule has 6 heteroatoms. The van der Waals surface area contributed by atoms with Crippen LogP contribution < -0.4 is 0 Å². The van der Waals surface area contributed by atoms with Gasteiger partial charge in [-0.1, -0.05) is 0 Å². The van der Waals surface area contributed by atoms with E-state index in [1.54, 1.807) is 27.7 Å². The second-order valence-corrected chi connectivity index (χ2v) is 6.58. The fourth-order valence-corrected chi connectivity index (χ4v) is 2.20. The lowest BCUT2D eigenvalue weighted by Crippen LogP contribution is -2.29. The maximum Gasteiger partial charge on any atom is 0.375 e. The van der Waals surface area contributed by atoms with Gasteiger partial charge < -0.3 is 13.8 Å². The first-order valence-corrected chi connectivity index (χ1v) is 7.16. The third-order valence-corrected chi connectivity index (χ3v) is 3.48. The maximum absolute atomic E-state index is 11.8. The van der Waals surface area contributed by atoms with Crippen LogP contribution in [0.3, 0.4) is 0 Å². The Morgan fingerprint density at radius 2 is 1.65 bits per heavy atom. The highest BCUT2D eigenvalue weighted by Gasteiger charge is 2.38. The van der Waals surface area contributed by atoms with Gasteiger partial charge in [0.1, 0.15) is 11.2 Å². The molecule has 0 heterocycles. The summed E-state index contributed by atoms with van der Waals surface area (Å²) in [5, 5.41) is 0. The summed E-state index contributed by atoms with van der Waals surface area (Å²) >= 11 is 0. The van der Waals surface area contributed by atoms with Crippen molar-refractivity contribution in [3.8, 4) is 0 Å². The Bertz CT molecular complexity index is 366. The molecule has 0 aliphatic heterocycles. The maximum atomic E-state index is 11.8. The predicted octanol–water partition coefficient (Wildman–Crippen LogP) is 2.97. The van der Waals surface area contributed by atoms with Gasteiger partial charge in [-0.15, -0.1) is 0 Å². The zero-order valence-electron chi connectivity index (χ0n) is 11.5. The Balaban J connectivity index is 5.38. The number of allylic oxidation sites excluding steroid dienone is 1. The summed E-state index contributed by atoms with van der Waals surface area (Å²) in [6.07, 6.45) is 0. The third-order valence-electron chi connectivity index (χ3n) is 2.31. The van der Waals surface area contributed by atoms with E-state index in [0.29, 0.717) is 5.76 Å². The number of rotatable bonds is 5. The number of carbonyl (C=O) groups is 1. The molecule has 0 unspecified atom stereocenters. The second kappa shape index (κ2) is 5.69. The summed E-state index contributed by atoms with van der Waals surface area (Å²) in [5.41, 5.74) is -0.253. The summed E-state index contributed by atoms with van der Waals surface area (Å²) in [7, 11) is -0.595. The summed E-state index contributed by atoms with van der Waals surface area (Å²) in [6.45, 7) is 8.20. The Labute approximate surface area is 103 Å². The zero-order chi connectivity index (χ0) is 13.9. The van der Waals surface area contributed by atoms with E-state index < -0.39 is 19.0 Å². The molecular formula is C11H21O5P. The Hall–Kier alpha value is -0.800. The molecule has 0 aliphatic rings. The fourth-order valence-electron chi connectivity index (χ4n) is 1.38. The van der Waals surface area contributed by atoms with Gasteiger partial charge in [0, 0.05) is 13.8 Å². The van der Waals surface area contributed by atoms with E-state index in [9.17, 15) is 9.36 Å². The van der Waals surface area contributed by atoms with Crippen LogP contribution in [-0.2, 0) is 23.1 Å². The molecule has 0 N–H and O–H groups in total. The van der Waals surface area contributed by atoms with Gasteiger partial charge in [0.05, 0.1) is 7.11 Å². The smallest absolute Gasteiger partial charge is 0.375 e. The Kier molecular flexibility index (Phi) is 5.43. The monoisotopic (exact) mass is 264 g/mol. The number of methoxy groups -OCH3 is 1. The number of esters is 1. The van der Waals surface area contributed by atoms with Crippen LogP contribution in [0.4, 0.5) is 0 Å². The summed E-state index contributed by atoms with van der Waals surface area (Å²) < 4.78 is 26.7. The molecule has 0 saturated heterocycles. The minimum atomic E-state index is -3.20. The van der Waals surface area contributed by atoms with E-state index in [4.69, 9.17) is 13.8 Å². The molecule has 0 rings (SSSR count). The molecule has 0 aromatic rings. The highest BCUT2D eigenvalue weighted by Crippen LogP contribution is 2.49. The van der Waals surface area contributed by atoms with Crippen LogP contribution in [-0.4, -0.2) is 26.9 Å². The van der Waals surface area contributed by atoms with E-state index in [2.05, 4.69) is 0 Å². The predicted molar refractivity (Wildman–Crippen MR) is 65.8 cm³/mol. The molecule has 0 saturated carbocycles. The molecule has 17 heavy (non-hydrogen) atoms. The van der Waals surface area contributed by atoms with Crippen molar-refractivity contribution in [3.63, 3.8) is 0 Å². The van der Waals surface area contributed by atoms with Crippen LogP contribution in [0.25, 0.3) is 0 Å². The van der Waals surface area contributed by atoms with Crippen molar-refractivity contribution in [2.24, 2.45) is 5.41 Å². The molecule has 0 fully saturated rings. The van der Waals surface area contributed by atoms with Gasteiger partial charge in [-0.2, -0.15) is 0 Å². The van der Waals surface area contributed by atoms with Gasteiger partial charge in [-0.05, 0) is 33.3 Å². The van der Waals surface area contributed by atoms with Gasteiger partial charge in [-0.3, -0.25) is 4.79 Å². The van der Waals surface area contributed by atoms with Crippen LogP contribution in [0, 0.1) is 5.41 Å². The average Bonchev–Trinajstić information content (AvgIpc) is 2.24. The molecule has 100 valence electrons. The minimum absolute atomic E-state index is 0.317. The molecular weight excluding hydrogens is 243 g/mol. The number of hydrogen-bond donors (Lipinski definition) is 0. The van der Waals surface area contributed by atoms with E-state index in [1.165, 1.54) is 20.9 Å². The average molecular weight is 264 g/mol. The third kappa shape index (κ3) is 4.17. The first kappa shape index (κ1) is 16.2. The van der Waals surface area contributed by atoms with Crippen LogP contribution in [0.2, 0.25) is 0 Å². The van der Waals surface area contributed by atoms with Gasteiger partial charge in [0.15, 0.2) is 0 Å². The van der Waals surface area contributed by atoms with Gasteiger partial charge in [-0.25, -0.2) is 4.57 Å². The summed E-state index contributed by atoms with van der Waals surface area (Å²) in [6, 6.07) is 0. The molecule has 0 bridgehead atoms. The van der Waals surface area contributed by atoms with Gasteiger partial charge in [0.2, 0.25) is 0 Å². The molecule has 0 radical (unpaired) electrons. The zero-order valence-corrected chi connectivity index (χ0v) is 12.4. The van der Waals surface area contributed by atoms with Crippen LogP contribution >= 0.6 is 7.60 Å². The van der Waals surface area contributed by atoms with Crippen molar-refractivity contribution in [2.45, 2.75) is 27.7 Å². The van der Waals surface area contributed by atoms with Crippen molar-refractivity contribution in [1.82, 2.24) is 0 Å². The first-order valence-electron chi connectivity index (χ1n) is 5.17. The number of hydrogen-bond acceptors (Lipinski definition) is 5. The molecule has 0 amide bonds. The van der Waals surface area contributed by atoms with Crippen molar-refractivity contribution in [2.75, 3.05) is 20.9 Å². The van der Waals surface area contributed by atoms with Crippen molar-refractivity contribution in [3.05, 3.63) is 11.3 Å². The van der Waals surface area contributed by atoms with Crippen LogP contribution in [0.15, 0.2) is 11.3 Å². The van der Waals surface area contributed by atoms with E-state index in [1.807, 2.05) is 0 Å². The first-order chi connectivity index (χ1) is 7.58. The summed E-state index contributed by atoms with van der Waals surface area (Å²) in [4.78, 5) is 11.7. The molecule has 1 atom stereocenters. The standard InChI is InChI=1S/C11H21O5P/c1-8(2)9(16-17(7,13)15-6)11(3,4)10(12)14-5/h1-7H3/t17-/m0/s1. The minimum Gasteiger partial charge on any atom is -0.468 e. The normalized spacial score (nSPS) is 14.8. The Morgan fingerprint density at radius 1 is 1.18 bits per heavy atom. The second-order valence-electron chi connectivity index (χ2n) is 4.49. The largest absolute Gasteiger partial charge is 0.468 e. The molecule has 5 nitrogen and oxygen atoms in total. The molecule has 0 aromatic heterocycles. The highest BCUT2D eigenvalue weighted by molar-refractivity contribution is 7.53. The lowest BCUT2D eigenvalue weighted by molar-refractivity contribution is -0.149. The topological polar surface area (TPSA) is 61.8 Å². The number of ether oxygens (including phenoxy) is 1. The van der Waals surface area contributed by atoms with E-state index in [-0.39, 0.29) is 0 Å². The lowest BCUT2D eigenvalue weighted by atomic mass is 9.89. The fraction of sp³-hybridized carbons (Fsp3) is 0.727. The van der Waals surface area contributed by atoms with E-state index in [0.717, 1.165) is 5.57 Å². The Morgan fingerprint density at radius 3 is 1.94 bits per heavy atom.